The maximum Gasteiger partial charge on any atom is 0.244 e. The lowest BCUT2D eigenvalue weighted by Gasteiger charge is -2.22. The van der Waals surface area contributed by atoms with Crippen LogP contribution in [-0.2, 0) is 14.8 Å². The molecule has 0 aliphatic carbocycles. The molecular weight excluding hydrogens is 359 g/mol. The quantitative estimate of drug-likeness (QED) is 0.861. The Balaban J connectivity index is 1.89. The van der Waals surface area contributed by atoms with Crippen LogP contribution < -0.4 is 10.1 Å². The lowest BCUT2D eigenvalue weighted by molar-refractivity contribution is -0.123. The van der Waals surface area contributed by atoms with E-state index >= 15 is 0 Å². The lowest BCUT2D eigenvalue weighted by Crippen LogP contribution is -2.44. The fourth-order valence-corrected chi connectivity index (χ4v) is 4.64. The summed E-state index contributed by atoms with van der Waals surface area (Å²) in [6.45, 7) is 0.00578. The van der Waals surface area contributed by atoms with Crippen LogP contribution >= 0.6 is 0 Å². The van der Waals surface area contributed by atoms with Crippen molar-refractivity contribution in [3.8, 4) is 5.75 Å². The predicted octanol–water partition coefficient (Wildman–Crippen LogP) is 1.78. The number of amides is 1. The highest BCUT2D eigenvalue weighted by Gasteiger charge is 2.44. The largest absolute Gasteiger partial charge is 0.489 e. The van der Waals surface area contributed by atoms with Crippen molar-refractivity contribution in [2.24, 2.45) is 0 Å². The summed E-state index contributed by atoms with van der Waals surface area (Å²) in [5.74, 6) is -0.485. The molecule has 0 unspecified atom stereocenters. The number of halogens is 1. The standard InChI is InChI=1S/C18H19FN2O4S/c1-20-18(22)17-11-15(25-14-7-3-2-4-8-14)12-21(17)26(23,24)16-9-5-6-13(19)10-16/h2-10,15,17H,11-12H2,1H3,(H,20,22)/t15-,17-/m0/s1. The summed E-state index contributed by atoms with van der Waals surface area (Å²) in [5.41, 5.74) is 0. The van der Waals surface area contributed by atoms with E-state index in [1.165, 1.54) is 25.2 Å². The van der Waals surface area contributed by atoms with Gasteiger partial charge in [0.05, 0.1) is 11.4 Å². The summed E-state index contributed by atoms with van der Waals surface area (Å²) in [7, 11) is -2.59. The van der Waals surface area contributed by atoms with Gasteiger partial charge in [-0.25, -0.2) is 12.8 Å². The molecule has 1 amide bonds. The molecule has 1 fully saturated rings. The van der Waals surface area contributed by atoms with Gasteiger partial charge in [-0.1, -0.05) is 24.3 Å². The van der Waals surface area contributed by atoms with Gasteiger partial charge in [-0.2, -0.15) is 4.31 Å². The fraction of sp³-hybridized carbons (Fsp3) is 0.278. The number of carbonyl (C=O) groups is 1. The molecule has 8 heteroatoms. The van der Waals surface area contributed by atoms with Crippen molar-refractivity contribution >= 4 is 15.9 Å². The average molecular weight is 378 g/mol. The number of nitrogens with zero attached hydrogens (tertiary/aromatic N) is 1. The topological polar surface area (TPSA) is 75.7 Å². The van der Waals surface area contributed by atoms with Crippen molar-refractivity contribution in [2.45, 2.75) is 23.5 Å². The number of para-hydroxylation sites is 1. The molecule has 0 aromatic heterocycles. The second-order valence-electron chi connectivity index (χ2n) is 5.95. The highest BCUT2D eigenvalue weighted by atomic mass is 32.2. The van der Waals surface area contributed by atoms with Crippen LogP contribution in [0.2, 0.25) is 0 Å². The molecule has 2 aromatic rings. The molecule has 1 heterocycles. The molecule has 0 bridgehead atoms. The van der Waals surface area contributed by atoms with Crippen molar-refractivity contribution in [1.29, 1.82) is 0 Å². The third-order valence-electron chi connectivity index (χ3n) is 4.22. The Bertz CT molecular complexity index is 889. The first kappa shape index (κ1) is 18.3. The molecule has 0 saturated carbocycles. The molecule has 26 heavy (non-hydrogen) atoms. The number of rotatable bonds is 5. The Labute approximate surface area is 151 Å². The number of benzene rings is 2. The minimum absolute atomic E-state index is 0.00578. The third kappa shape index (κ3) is 3.71. The van der Waals surface area contributed by atoms with Crippen molar-refractivity contribution in [1.82, 2.24) is 9.62 Å². The van der Waals surface area contributed by atoms with Crippen molar-refractivity contribution < 1.29 is 22.3 Å². The van der Waals surface area contributed by atoms with E-state index in [1.807, 2.05) is 18.2 Å². The number of hydrogen-bond donors (Lipinski definition) is 1. The predicted molar refractivity (Wildman–Crippen MR) is 93.6 cm³/mol. The smallest absolute Gasteiger partial charge is 0.244 e. The van der Waals surface area contributed by atoms with Gasteiger partial charge in [0.25, 0.3) is 0 Å². The molecule has 1 aliphatic rings. The molecule has 6 nitrogen and oxygen atoms in total. The van der Waals surface area contributed by atoms with Gasteiger partial charge >= 0.3 is 0 Å². The van der Waals surface area contributed by atoms with Crippen LogP contribution in [0.5, 0.6) is 5.75 Å². The van der Waals surface area contributed by atoms with Gasteiger partial charge in [-0.05, 0) is 30.3 Å². The minimum atomic E-state index is -4.04. The highest BCUT2D eigenvalue weighted by Crippen LogP contribution is 2.29. The monoisotopic (exact) mass is 378 g/mol. The SMILES string of the molecule is CNC(=O)[C@@H]1C[C@H](Oc2ccccc2)CN1S(=O)(=O)c1cccc(F)c1. The number of carbonyl (C=O) groups excluding carboxylic acids is 1. The summed E-state index contributed by atoms with van der Waals surface area (Å²) in [5, 5.41) is 2.48. The molecule has 2 aromatic carbocycles. The van der Waals surface area contributed by atoms with Gasteiger partial charge in [-0.3, -0.25) is 4.79 Å². The third-order valence-corrected chi connectivity index (χ3v) is 6.09. The van der Waals surface area contributed by atoms with Crippen LogP contribution in [0, 0.1) is 5.82 Å². The first-order valence-corrected chi connectivity index (χ1v) is 9.56. The van der Waals surface area contributed by atoms with Crippen molar-refractivity contribution in [3.05, 3.63) is 60.4 Å². The first-order chi connectivity index (χ1) is 12.4. The molecular formula is C18H19FN2O4S. The summed E-state index contributed by atoms with van der Waals surface area (Å²) in [6, 6.07) is 12.8. The Morgan fingerprint density at radius 3 is 2.58 bits per heavy atom. The minimum Gasteiger partial charge on any atom is -0.489 e. The van der Waals surface area contributed by atoms with Crippen LogP contribution in [-0.4, -0.2) is 44.4 Å². The zero-order chi connectivity index (χ0) is 18.7. The molecule has 0 spiro atoms. The maximum atomic E-state index is 13.5. The van der Waals surface area contributed by atoms with Gasteiger partial charge in [0.2, 0.25) is 15.9 Å². The van der Waals surface area contributed by atoms with E-state index in [1.54, 1.807) is 12.1 Å². The zero-order valence-electron chi connectivity index (χ0n) is 14.1. The molecule has 0 radical (unpaired) electrons. The fourth-order valence-electron chi connectivity index (χ4n) is 2.98. The Kier molecular flexibility index (Phi) is 5.24. The van der Waals surface area contributed by atoms with Crippen LogP contribution in [0.3, 0.4) is 0 Å². The summed E-state index contributed by atoms with van der Waals surface area (Å²) >= 11 is 0. The molecule has 138 valence electrons. The van der Waals surface area contributed by atoms with Gasteiger partial charge in [0.1, 0.15) is 23.7 Å². The van der Waals surface area contributed by atoms with Crippen LogP contribution in [0.1, 0.15) is 6.42 Å². The van der Waals surface area contributed by atoms with Crippen LogP contribution in [0.4, 0.5) is 4.39 Å². The van der Waals surface area contributed by atoms with Gasteiger partial charge in [0.15, 0.2) is 0 Å². The zero-order valence-corrected chi connectivity index (χ0v) is 14.9. The van der Waals surface area contributed by atoms with Crippen molar-refractivity contribution in [2.75, 3.05) is 13.6 Å². The van der Waals surface area contributed by atoms with Crippen LogP contribution in [0.15, 0.2) is 59.5 Å². The van der Waals surface area contributed by atoms with Gasteiger partial charge in [-0.15, -0.1) is 0 Å². The Hall–Kier alpha value is -2.45. The number of ether oxygens (including phenoxy) is 1. The lowest BCUT2D eigenvalue weighted by atomic mass is 10.2. The van der Waals surface area contributed by atoms with E-state index < -0.39 is 33.9 Å². The summed E-state index contributed by atoms with van der Waals surface area (Å²) in [4.78, 5) is 12.0. The van der Waals surface area contributed by atoms with E-state index in [0.29, 0.717) is 5.75 Å². The number of hydrogen-bond acceptors (Lipinski definition) is 4. The van der Waals surface area contributed by atoms with Crippen LogP contribution in [0.25, 0.3) is 0 Å². The average Bonchev–Trinajstić information content (AvgIpc) is 3.06. The van der Waals surface area contributed by atoms with E-state index in [9.17, 15) is 17.6 Å². The Morgan fingerprint density at radius 2 is 1.92 bits per heavy atom. The normalized spacial score (nSPS) is 20.7. The molecule has 1 N–H and O–H groups in total. The first-order valence-electron chi connectivity index (χ1n) is 8.12. The van der Waals surface area contributed by atoms with E-state index in [-0.39, 0.29) is 17.9 Å². The second kappa shape index (κ2) is 7.43. The van der Waals surface area contributed by atoms with E-state index in [4.69, 9.17) is 4.74 Å². The molecule has 1 saturated heterocycles. The van der Waals surface area contributed by atoms with E-state index in [2.05, 4.69) is 5.32 Å². The number of sulfonamides is 1. The molecule has 2 atom stereocenters. The molecule has 3 rings (SSSR count). The van der Waals surface area contributed by atoms with Crippen molar-refractivity contribution in [3.63, 3.8) is 0 Å². The highest BCUT2D eigenvalue weighted by molar-refractivity contribution is 7.89. The van der Waals surface area contributed by atoms with Gasteiger partial charge in [0, 0.05) is 13.5 Å². The maximum absolute atomic E-state index is 13.5. The number of nitrogens with one attached hydrogen (secondary N) is 1. The molecule has 1 aliphatic heterocycles. The van der Waals surface area contributed by atoms with Gasteiger partial charge < -0.3 is 10.1 Å². The Morgan fingerprint density at radius 1 is 1.19 bits per heavy atom. The van der Waals surface area contributed by atoms with E-state index in [0.717, 1.165) is 10.4 Å². The summed E-state index contributed by atoms with van der Waals surface area (Å²) < 4.78 is 46.3. The summed E-state index contributed by atoms with van der Waals surface area (Å²) in [6.07, 6.45) is -0.272. The number of likely N-dealkylation sites (N-methyl/N-ethyl adjacent to an activating group) is 1. The second-order valence-corrected chi connectivity index (χ2v) is 7.84.